The number of nitrogens with zero attached hydrogens (tertiary/aromatic N) is 4. The Labute approximate surface area is 146 Å². The van der Waals surface area contributed by atoms with Crippen molar-refractivity contribution in [3.05, 3.63) is 34.4 Å². The summed E-state index contributed by atoms with van der Waals surface area (Å²) in [6.45, 7) is 6.71. The Hall–Kier alpha value is -2.64. The lowest BCUT2D eigenvalue weighted by Crippen LogP contribution is -2.17. The van der Waals surface area contributed by atoms with Gasteiger partial charge in [0.25, 0.3) is 5.91 Å². The number of carbonyl (C=O) groups is 2. The molecular formula is C17H25N5O3. The second-order valence-electron chi connectivity index (χ2n) is 6.10. The first-order chi connectivity index (χ1) is 11.8. The molecule has 25 heavy (non-hydrogen) atoms. The highest BCUT2D eigenvalue weighted by Crippen LogP contribution is 2.18. The van der Waals surface area contributed by atoms with Crippen LogP contribution in [0.25, 0.3) is 0 Å². The van der Waals surface area contributed by atoms with Gasteiger partial charge in [0.05, 0.1) is 11.4 Å². The number of nitrogens with two attached hydrogens (primary N) is 1. The molecule has 0 aliphatic rings. The molecule has 0 aliphatic carbocycles. The molecule has 0 atom stereocenters. The maximum Gasteiger partial charge on any atom is 0.354 e. The van der Waals surface area contributed by atoms with Gasteiger partial charge in [-0.25, -0.2) is 4.79 Å². The predicted octanol–water partition coefficient (Wildman–Crippen LogP) is 1.93. The Bertz CT molecular complexity index is 776. The van der Waals surface area contributed by atoms with E-state index >= 15 is 0 Å². The van der Waals surface area contributed by atoms with Gasteiger partial charge in [-0.1, -0.05) is 6.42 Å². The maximum atomic E-state index is 11.5. The number of carboxylic acid groups (broad SMARTS) is 1. The van der Waals surface area contributed by atoms with Gasteiger partial charge in [-0.3, -0.25) is 14.2 Å². The van der Waals surface area contributed by atoms with Crippen molar-refractivity contribution < 1.29 is 14.7 Å². The van der Waals surface area contributed by atoms with Gasteiger partial charge in [-0.05, 0) is 46.1 Å². The van der Waals surface area contributed by atoms with E-state index in [-0.39, 0.29) is 0 Å². The summed E-state index contributed by atoms with van der Waals surface area (Å²) in [6, 6.07) is 1.68. The molecule has 0 spiro atoms. The molecule has 8 heteroatoms. The van der Waals surface area contributed by atoms with Crippen molar-refractivity contribution in [3.8, 4) is 0 Å². The fourth-order valence-electron chi connectivity index (χ4n) is 3.04. The maximum absolute atomic E-state index is 11.5. The summed E-state index contributed by atoms with van der Waals surface area (Å²) in [7, 11) is 0. The molecule has 8 nitrogen and oxygen atoms in total. The Morgan fingerprint density at radius 3 is 2.48 bits per heavy atom. The number of carbonyl (C=O) groups excluding carboxylic acids is 1. The first-order valence-corrected chi connectivity index (χ1v) is 8.49. The van der Waals surface area contributed by atoms with Gasteiger partial charge in [-0.2, -0.15) is 10.2 Å². The monoisotopic (exact) mass is 347 g/mol. The van der Waals surface area contributed by atoms with Crippen molar-refractivity contribution in [2.24, 2.45) is 5.73 Å². The summed E-state index contributed by atoms with van der Waals surface area (Å²) in [5, 5.41) is 18.0. The molecule has 2 aromatic rings. The molecule has 0 saturated heterocycles. The lowest BCUT2D eigenvalue weighted by atomic mass is 10.0. The molecule has 0 unspecified atom stereocenters. The van der Waals surface area contributed by atoms with Gasteiger partial charge in [0.1, 0.15) is 11.4 Å². The molecule has 3 N–H and O–H groups in total. The van der Waals surface area contributed by atoms with Crippen LogP contribution >= 0.6 is 0 Å². The molecule has 2 rings (SSSR count). The van der Waals surface area contributed by atoms with Crippen molar-refractivity contribution >= 4 is 11.9 Å². The number of unbranched alkanes of at least 4 members (excludes halogenated alkanes) is 2. The van der Waals surface area contributed by atoms with Crippen molar-refractivity contribution in [2.75, 3.05) is 0 Å². The molecule has 2 aromatic heterocycles. The third-order valence-corrected chi connectivity index (χ3v) is 4.20. The van der Waals surface area contributed by atoms with Crippen molar-refractivity contribution in [1.29, 1.82) is 0 Å². The minimum absolute atomic E-state index is 0.290. The Morgan fingerprint density at radius 1 is 1.16 bits per heavy atom. The average Bonchev–Trinajstić information content (AvgIpc) is 3.07. The van der Waals surface area contributed by atoms with Crippen LogP contribution in [0.3, 0.4) is 0 Å². The van der Waals surface area contributed by atoms with Gasteiger partial charge in [0.2, 0.25) is 0 Å². The first-order valence-electron chi connectivity index (χ1n) is 8.49. The minimum Gasteiger partial charge on any atom is -0.477 e. The third kappa shape index (κ3) is 4.26. The second-order valence-corrected chi connectivity index (χ2v) is 6.10. The number of hydrogen-bond acceptors (Lipinski definition) is 4. The van der Waals surface area contributed by atoms with E-state index in [2.05, 4.69) is 10.2 Å². The van der Waals surface area contributed by atoms with Crippen LogP contribution in [0.2, 0.25) is 0 Å². The number of aromatic carboxylic acids is 1. The molecule has 0 aromatic carbocycles. The summed E-state index contributed by atoms with van der Waals surface area (Å²) in [6.07, 6.45) is 3.26. The second kappa shape index (κ2) is 7.96. The summed E-state index contributed by atoms with van der Waals surface area (Å²) >= 11 is 0. The number of aryl methyl sites for hydroxylation is 4. The van der Waals surface area contributed by atoms with E-state index in [1.165, 1.54) is 0 Å². The zero-order valence-electron chi connectivity index (χ0n) is 14.9. The zero-order chi connectivity index (χ0) is 18.6. The smallest absolute Gasteiger partial charge is 0.354 e. The lowest BCUT2D eigenvalue weighted by molar-refractivity contribution is 0.0682. The predicted molar refractivity (Wildman–Crippen MR) is 92.6 cm³/mol. The Kier molecular flexibility index (Phi) is 5.95. The SMILES string of the molecule is CCn1nc(C)c(CCCCCn2nc(C)cc2C(N)=O)c1C(=O)O. The summed E-state index contributed by atoms with van der Waals surface area (Å²) < 4.78 is 3.18. The molecular weight excluding hydrogens is 322 g/mol. The van der Waals surface area contributed by atoms with E-state index in [0.717, 1.165) is 36.2 Å². The van der Waals surface area contributed by atoms with Crippen molar-refractivity contribution in [1.82, 2.24) is 19.6 Å². The van der Waals surface area contributed by atoms with Gasteiger partial charge >= 0.3 is 5.97 Å². The number of aromatic nitrogens is 4. The molecule has 0 aliphatic heterocycles. The lowest BCUT2D eigenvalue weighted by Gasteiger charge is -2.06. The summed E-state index contributed by atoms with van der Waals surface area (Å²) in [5.41, 5.74) is 8.41. The van der Waals surface area contributed by atoms with Gasteiger partial charge in [0.15, 0.2) is 0 Å². The normalized spacial score (nSPS) is 11.0. The number of primary amides is 1. The molecule has 2 heterocycles. The minimum atomic E-state index is -0.935. The standard InChI is InChI=1S/C17H25N5O3/c1-4-21-15(17(24)25)13(12(3)20-21)8-6-5-7-9-22-14(16(18)23)10-11(2)19-22/h10H,4-9H2,1-3H3,(H2,18,23)(H,24,25). The molecule has 0 saturated carbocycles. The molecule has 1 amide bonds. The van der Waals surface area contributed by atoms with Crippen LogP contribution in [0.15, 0.2) is 6.07 Å². The van der Waals surface area contributed by atoms with Crippen molar-refractivity contribution in [2.45, 2.75) is 59.5 Å². The topological polar surface area (TPSA) is 116 Å². The summed E-state index contributed by atoms with van der Waals surface area (Å²) in [4.78, 5) is 22.9. The van der Waals surface area contributed by atoms with Crippen LogP contribution in [-0.2, 0) is 19.5 Å². The molecule has 0 bridgehead atoms. The van der Waals surface area contributed by atoms with Crippen LogP contribution < -0.4 is 5.73 Å². The van der Waals surface area contributed by atoms with E-state index in [0.29, 0.717) is 30.9 Å². The van der Waals surface area contributed by atoms with E-state index in [1.54, 1.807) is 15.4 Å². The first kappa shape index (κ1) is 18.7. The number of carboxylic acids is 1. The van der Waals surface area contributed by atoms with Crippen LogP contribution in [0.1, 0.15) is 64.1 Å². The zero-order valence-corrected chi connectivity index (χ0v) is 14.9. The molecule has 0 fully saturated rings. The average molecular weight is 347 g/mol. The Balaban J connectivity index is 1.91. The van der Waals surface area contributed by atoms with E-state index in [9.17, 15) is 14.7 Å². The highest BCUT2D eigenvalue weighted by molar-refractivity contribution is 5.91. The van der Waals surface area contributed by atoms with Crippen LogP contribution in [0, 0.1) is 13.8 Å². The number of rotatable bonds is 9. The Morgan fingerprint density at radius 2 is 1.88 bits per heavy atom. The highest BCUT2D eigenvalue weighted by atomic mass is 16.4. The van der Waals surface area contributed by atoms with Gasteiger partial charge in [0, 0.05) is 18.7 Å². The van der Waals surface area contributed by atoms with Crippen LogP contribution in [0.4, 0.5) is 0 Å². The fourth-order valence-corrected chi connectivity index (χ4v) is 3.04. The third-order valence-electron chi connectivity index (χ3n) is 4.20. The van der Waals surface area contributed by atoms with E-state index < -0.39 is 11.9 Å². The number of hydrogen-bond donors (Lipinski definition) is 2. The molecule has 136 valence electrons. The van der Waals surface area contributed by atoms with Crippen molar-refractivity contribution in [3.63, 3.8) is 0 Å². The van der Waals surface area contributed by atoms with E-state index in [4.69, 9.17) is 5.73 Å². The summed E-state index contributed by atoms with van der Waals surface area (Å²) in [5.74, 6) is -1.41. The fraction of sp³-hybridized carbons (Fsp3) is 0.529. The van der Waals surface area contributed by atoms with Crippen LogP contribution in [-0.4, -0.2) is 36.5 Å². The molecule has 0 radical (unpaired) electrons. The van der Waals surface area contributed by atoms with E-state index in [1.807, 2.05) is 20.8 Å². The van der Waals surface area contributed by atoms with Gasteiger partial charge < -0.3 is 10.8 Å². The van der Waals surface area contributed by atoms with Crippen LogP contribution in [0.5, 0.6) is 0 Å². The quantitative estimate of drug-likeness (QED) is 0.672. The highest BCUT2D eigenvalue weighted by Gasteiger charge is 2.19. The van der Waals surface area contributed by atoms with Gasteiger partial charge in [-0.15, -0.1) is 0 Å². The number of amides is 1. The largest absolute Gasteiger partial charge is 0.477 e.